The normalized spacial score (nSPS) is 16.4. The maximum Gasteiger partial charge on any atom is 0.337 e. The fourth-order valence-electron chi connectivity index (χ4n) is 5.12. The molecule has 6 rings (SSSR count). The molecule has 3 aromatic carbocycles. The molecule has 0 bridgehead atoms. The summed E-state index contributed by atoms with van der Waals surface area (Å²) in [6.45, 7) is 0. The third kappa shape index (κ3) is 4.01. The summed E-state index contributed by atoms with van der Waals surface area (Å²) in [7, 11) is 3.01. The molecule has 0 N–H and O–H groups in total. The van der Waals surface area contributed by atoms with Gasteiger partial charge in [0.05, 0.1) is 36.1 Å². The molecule has 2 heterocycles. The SMILES string of the molecule is COC(=O)c1ccc(/C=c2\sc3n(c2=O)[C@@H](c2cccc(OC)c2)C2=C(N=3)c3ccccc3CC2)cc1. The standard InChI is InChI=1S/C30H24N2O4S/c1-35-22-8-5-7-21(17-22)27-24-15-14-19-6-3-4-9-23(19)26(24)31-30-32(27)28(33)25(37-30)16-18-10-12-20(13-11-18)29(34)36-2/h3-13,16-17,27H,14-15H2,1-2H3/b25-16-/t27-/m0/s1. The minimum atomic E-state index is -0.393. The van der Waals surface area contributed by atoms with Crippen LogP contribution < -0.4 is 19.6 Å². The monoisotopic (exact) mass is 508 g/mol. The van der Waals surface area contributed by atoms with E-state index in [0.29, 0.717) is 14.9 Å². The first kappa shape index (κ1) is 23.2. The van der Waals surface area contributed by atoms with Crippen LogP contribution in [0.1, 0.15) is 45.1 Å². The average Bonchev–Trinajstić information content (AvgIpc) is 3.25. The minimum Gasteiger partial charge on any atom is -0.497 e. The molecule has 1 atom stereocenters. The Morgan fingerprint density at radius 2 is 1.84 bits per heavy atom. The number of fused-ring (bicyclic) bond motifs is 3. The fraction of sp³-hybridized carbons (Fsp3) is 0.167. The predicted octanol–water partition coefficient (Wildman–Crippen LogP) is 4.11. The molecule has 184 valence electrons. The van der Waals surface area contributed by atoms with Crippen LogP contribution >= 0.6 is 11.3 Å². The van der Waals surface area contributed by atoms with E-state index in [2.05, 4.69) is 18.2 Å². The van der Waals surface area contributed by atoms with E-state index in [0.717, 1.165) is 46.6 Å². The molecule has 6 nitrogen and oxygen atoms in total. The first-order valence-electron chi connectivity index (χ1n) is 12.0. The average molecular weight is 509 g/mol. The number of ether oxygens (including phenoxy) is 2. The minimum absolute atomic E-state index is 0.0842. The highest BCUT2D eigenvalue weighted by Crippen LogP contribution is 2.41. The number of aromatic nitrogens is 1. The lowest BCUT2D eigenvalue weighted by Crippen LogP contribution is -2.38. The Morgan fingerprint density at radius 3 is 2.62 bits per heavy atom. The zero-order chi connectivity index (χ0) is 25.5. The molecule has 0 fully saturated rings. The third-order valence-electron chi connectivity index (χ3n) is 6.91. The summed E-state index contributed by atoms with van der Waals surface area (Å²) in [6.07, 6.45) is 3.59. The molecule has 0 amide bonds. The molecule has 2 aliphatic rings. The first-order valence-corrected chi connectivity index (χ1v) is 12.8. The van der Waals surface area contributed by atoms with Gasteiger partial charge in [0.1, 0.15) is 5.75 Å². The predicted molar refractivity (Wildman–Crippen MR) is 144 cm³/mol. The van der Waals surface area contributed by atoms with E-state index in [1.807, 2.05) is 53.1 Å². The van der Waals surface area contributed by atoms with Gasteiger partial charge in [-0.2, -0.15) is 0 Å². The molecule has 1 aromatic heterocycles. The number of benzene rings is 3. The molecule has 0 saturated heterocycles. The quantitative estimate of drug-likeness (QED) is 0.389. The number of aryl methyl sites for hydroxylation is 1. The number of carbonyl (C=O) groups excluding carboxylic acids is 1. The van der Waals surface area contributed by atoms with Crippen molar-refractivity contribution < 1.29 is 14.3 Å². The summed E-state index contributed by atoms with van der Waals surface area (Å²) in [5.74, 6) is 0.357. The van der Waals surface area contributed by atoms with Crippen LogP contribution in [-0.4, -0.2) is 24.8 Å². The molecule has 4 aromatic rings. The van der Waals surface area contributed by atoms with E-state index >= 15 is 0 Å². The van der Waals surface area contributed by atoms with Gasteiger partial charge in [-0.25, -0.2) is 9.79 Å². The Balaban J connectivity index is 1.55. The number of rotatable bonds is 4. The van der Waals surface area contributed by atoms with Gasteiger partial charge in [-0.05, 0) is 65.4 Å². The van der Waals surface area contributed by atoms with Gasteiger partial charge in [-0.15, -0.1) is 0 Å². The molecule has 1 aliphatic carbocycles. The van der Waals surface area contributed by atoms with Crippen LogP contribution in [0.4, 0.5) is 0 Å². The second kappa shape index (κ2) is 9.33. The smallest absolute Gasteiger partial charge is 0.337 e. The summed E-state index contributed by atoms with van der Waals surface area (Å²) < 4.78 is 12.7. The number of nitrogens with zero attached hydrogens (tertiary/aromatic N) is 2. The highest BCUT2D eigenvalue weighted by molar-refractivity contribution is 7.07. The highest BCUT2D eigenvalue weighted by atomic mass is 32.1. The fourth-order valence-corrected chi connectivity index (χ4v) is 6.12. The molecule has 0 spiro atoms. The summed E-state index contributed by atoms with van der Waals surface area (Å²) >= 11 is 1.38. The second-order valence-corrected chi connectivity index (χ2v) is 10.0. The second-order valence-electron chi connectivity index (χ2n) is 9.00. The summed E-state index contributed by atoms with van der Waals surface area (Å²) in [5, 5.41) is 0. The largest absolute Gasteiger partial charge is 0.497 e. The van der Waals surface area contributed by atoms with Crippen molar-refractivity contribution in [2.24, 2.45) is 4.99 Å². The van der Waals surface area contributed by atoms with Crippen LogP contribution in [0.5, 0.6) is 5.75 Å². The van der Waals surface area contributed by atoms with Gasteiger partial charge >= 0.3 is 5.97 Å². The van der Waals surface area contributed by atoms with Crippen molar-refractivity contribution in [2.75, 3.05) is 14.2 Å². The summed E-state index contributed by atoms with van der Waals surface area (Å²) in [5.41, 5.74) is 6.72. The van der Waals surface area contributed by atoms with Crippen molar-refractivity contribution >= 4 is 29.1 Å². The molecule has 0 radical (unpaired) electrons. The van der Waals surface area contributed by atoms with Crippen LogP contribution in [0.3, 0.4) is 0 Å². The van der Waals surface area contributed by atoms with Crippen molar-refractivity contribution in [1.29, 1.82) is 0 Å². The zero-order valence-corrected chi connectivity index (χ0v) is 21.2. The number of allylic oxidation sites excluding steroid dienone is 1. The van der Waals surface area contributed by atoms with E-state index in [4.69, 9.17) is 14.5 Å². The molecule has 1 aliphatic heterocycles. The molecule has 37 heavy (non-hydrogen) atoms. The summed E-state index contributed by atoms with van der Waals surface area (Å²) in [6, 6.07) is 23.1. The number of esters is 1. The van der Waals surface area contributed by atoms with Gasteiger partial charge in [0.15, 0.2) is 4.80 Å². The molecule has 7 heteroatoms. The number of hydrogen-bond acceptors (Lipinski definition) is 6. The van der Waals surface area contributed by atoms with E-state index < -0.39 is 5.97 Å². The Labute approximate surface area is 217 Å². The van der Waals surface area contributed by atoms with Gasteiger partial charge in [0, 0.05) is 5.56 Å². The Morgan fingerprint density at radius 1 is 1.03 bits per heavy atom. The van der Waals surface area contributed by atoms with E-state index in [-0.39, 0.29) is 11.6 Å². The van der Waals surface area contributed by atoms with Crippen LogP contribution in [-0.2, 0) is 11.2 Å². The number of carbonyl (C=O) groups is 1. The Bertz CT molecular complexity index is 1750. The lowest BCUT2D eigenvalue weighted by molar-refractivity contribution is 0.0600. The van der Waals surface area contributed by atoms with Crippen LogP contribution in [0.25, 0.3) is 11.8 Å². The van der Waals surface area contributed by atoms with E-state index in [1.165, 1.54) is 24.0 Å². The van der Waals surface area contributed by atoms with Gasteiger partial charge in [-0.1, -0.05) is 59.9 Å². The maximum absolute atomic E-state index is 13.9. The van der Waals surface area contributed by atoms with Crippen LogP contribution in [0, 0.1) is 0 Å². The van der Waals surface area contributed by atoms with Crippen molar-refractivity contribution in [3.8, 4) is 5.75 Å². The van der Waals surface area contributed by atoms with E-state index in [9.17, 15) is 9.59 Å². The highest BCUT2D eigenvalue weighted by Gasteiger charge is 2.32. The lowest BCUT2D eigenvalue weighted by atomic mass is 9.83. The summed E-state index contributed by atoms with van der Waals surface area (Å²) in [4.78, 5) is 31.4. The molecule has 0 saturated carbocycles. The Hall–Kier alpha value is -4.23. The van der Waals surface area contributed by atoms with Crippen LogP contribution in [0.15, 0.2) is 88.2 Å². The van der Waals surface area contributed by atoms with E-state index in [1.54, 1.807) is 19.2 Å². The van der Waals surface area contributed by atoms with Gasteiger partial charge < -0.3 is 9.47 Å². The topological polar surface area (TPSA) is 69.9 Å². The zero-order valence-electron chi connectivity index (χ0n) is 20.4. The molecular formula is C30H24N2O4S. The maximum atomic E-state index is 13.9. The van der Waals surface area contributed by atoms with Gasteiger partial charge in [0.2, 0.25) is 0 Å². The number of hydrogen-bond donors (Lipinski definition) is 0. The third-order valence-corrected chi connectivity index (χ3v) is 7.89. The lowest BCUT2D eigenvalue weighted by Gasteiger charge is -2.31. The number of thiazole rings is 1. The van der Waals surface area contributed by atoms with Crippen molar-refractivity contribution in [2.45, 2.75) is 18.9 Å². The number of methoxy groups -OCH3 is 2. The van der Waals surface area contributed by atoms with Gasteiger partial charge in [-0.3, -0.25) is 9.36 Å². The molecular weight excluding hydrogens is 484 g/mol. The molecule has 0 unspecified atom stereocenters. The van der Waals surface area contributed by atoms with Crippen LogP contribution in [0.2, 0.25) is 0 Å². The van der Waals surface area contributed by atoms with Crippen molar-refractivity contribution in [1.82, 2.24) is 4.57 Å². The van der Waals surface area contributed by atoms with Crippen molar-refractivity contribution in [3.05, 3.63) is 126 Å². The van der Waals surface area contributed by atoms with Crippen molar-refractivity contribution in [3.63, 3.8) is 0 Å². The first-order chi connectivity index (χ1) is 18.1. The Kier molecular flexibility index (Phi) is 5.85. The van der Waals surface area contributed by atoms with Gasteiger partial charge in [0.25, 0.3) is 5.56 Å².